The third-order valence-electron chi connectivity index (χ3n) is 3.49. The van der Waals surface area contributed by atoms with Crippen LogP contribution in [0.4, 0.5) is 0 Å². The van der Waals surface area contributed by atoms with Crippen LogP contribution in [0.2, 0.25) is 0 Å². The molecule has 6 heteroatoms. The van der Waals surface area contributed by atoms with Crippen LogP contribution in [0.5, 0.6) is 0 Å². The Balaban J connectivity index is 0.00000120. The van der Waals surface area contributed by atoms with Crippen LogP contribution in [0.3, 0.4) is 0 Å². The van der Waals surface area contributed by atoms with Crippen LogP contribution in [0.1, 0.15) is 22.5 Å². The third-order valence-corrected chi connectivity index (χ3v) is 4.36. The summed E-state index contributed by atoms with van der Waals surface area (Å²) in [5.74, 6) is 0.493. The lowest BCUT2D eigenvalue weighted by Crippen LogP contribution is -2.48. The van der Waals surface area contributed by atoms with E-state index in [4.69, 9.17) is 0 Å². The van der Waals surface area contributed by atoms with Crippen molar-refractivity contribution in [3.63, 3.8) is 0 Å². The molecule has 3 saturated heterocycles. The third kappa shape index (κ3) is 2.74. The van der Waals surface area contributed by atoms with Gasteiger partial charge in [0, 0.05) is 12.5 Å². The van der Waals surface area contributed by atoms with Gasteiger partial charge in [0.15, 0.2) is 0 Å². The van der Waals surface area contributed by atoms with E-state index in [9.17, 15) is 4.79 Å². The molecule has 0 atom stereocenters. The van der Waals surface area contributed by atoms with E-state index >= 15 is 0 Å². The molecule has 18 heavy (non-hydrogen) atoms. The maximum Gasteiger partial charge on any atom is 0.281 e. The lowest BCUT2D eigenvalue weighted by atomic mass is 9.87. The Morgan fingerprint density at radius 1 is 1.44 bits per heavy atom. The molecule has 3 fully saturated rings. The predicted molar refractivity (Wildman–Crippen MR) is 75.6 cm³/mol. The van der Waals surface area contributed by atoms with Gasteiger partial charge in [-0.3, -0.25) is 9.69 Å². The van der Waals surface area contributed by atoms with Gasteiger partial charge >= 0.3 is 0 Å². The van der Waals surface area contributed by atoms with Gasteiger partial charge in [-0.1, -0.05) is 6.07 Å². The number of halogens is 1. The molecule has 0 radical (unpaired) electrons. The number of hydrogen-bond donors (Lipinski definition) is 1. The van der Waals surface area contributed by atoms with Crippen LogP contribution in [-0.4, -0.2) is 36.2 Å². The van der Waals surface area contributed by atoms with Crippen LogP contribution in [0.25, 0.3) is 0 Å². The number of nitrogens with zero attached hydrogens (tertiary/aromatic N) is 2. The van der Waals surface area contributed by atoms with E-state index in [0.29, 0.717) is 5.92 Å². The van der Waals surface area contributed by atoms with Gasteiger partial charge in [0.25, 0.3) is 5.91 Å². The smallest absolute Gasteiger partial charge is 0.281 e. The zero-order chi connectivity index (χ0) is 11.7. The van der Waals surface area contributed by atoms with E-state index in [1.807, 2.05) is 17.5 Å². The van der Waals surface area contributed by atoms with E-state index in [0.717, 1.165) is 17.1 Å². The zero-order valence-electron chi connectivity index (χ0n) is 9.96. The van der Waals surface area contributed by atoms with Gasteiger partial charge in [-0.15, -0.1) is 23.7 Å². The first kappa shape index (κ1) is 13.5. The highest BCUT2D eigenvalue weighted by Crippen LogP contribution is 2.25. The molecule has 0 spiro atoms. The van der Waals surface area contributed by atoms with Crippen molar-refractivity contribution in [3.8, 4) is 0 Å². The Morgan fingerprint density at radius 3 is 2.78 bits per heavy atom. The van der Waals surface area contributed by atoms with Crippen molar-refractivity contribution in [1.29, 1.82) is 0 Å². The summed E-state index contributed by atoms with van der Waals surface area (Å²) in [6.07, 6.45) is 2.38. The quantitative estimate of drug-likeness (QED) is 0.845. The lowest BCUT2D eigenvalue weighted by molar-refractivity contribution is 0.0957. The number of carbonyl (C=O) groups is 1. The molecule has 3 aliphatic heterocycles. The van der Waals surface area contributed by atoms with Crippen LogP contribution in [0, 0.1) is 5.92 Å². The second-order valence-electron chi connectivity index (χ2n) is 4.57. The van der Waals surface area contributed by atoms with Crippen LogP contribution in [0.15, 0.2) is 22.6 Å². The van der Waals surface area contributed by atoms with E-state index in [1.165, 1.54) is 37.3 Å². The number of carbonyl (C=O) groups excluding carboxylic acids is 1. The normalized spacial score (nSPS) is 27.9. The molecule has 1 aromatic rings. The average Bonchev–Trinajstić information content (AvgIpc) is 2.91. The number of nitrogens with one attached hydrogen (secondary N) is 1. The summed E-state index contributed by atoms with van der Waals surface area (Å²) >= 11 is 1.44. The van der Waals surface area contributed by atoms with E-state index in [-0.39, 0.29) is 18.3 Å². The summed E-state index contributed by atoms with van der Waals surface area (Å²) in [7, 11) is 0. The summed E-state index contributed by atoms with van der Waals surface area (Å²) < 4.78 is 0. The fourth-order valence-corrected chi connectivity index (χ4v) is 3.11. The molecule has 0 saturated carbocycles. The predicted octanol–water partition coefficient (Wildman–Crippen LogP) is 1.98. The minimum atomic E-state index is -0.0936. The highest BCUT2D eigenvalue weighted by Gasteiger charge is 2.30. The average molecular weight is 286 g/mol. The molecule has 4 rings (SSSR count). The fraction of sp³-hybridized carbons (Fsp3) is 0.500. The number of hydrogen-bond acceptors (Lipinski definition) is 4. The zero-order valence-corrected chi connectivity index (χ0v) is 11.6. The SMILES string of the molecule is Cl.O=C(N/N=C1/CN2CCC1CC2)c1cccs1. The number of piperidine rings is 3. The maximum absolute atomic E-state index is 11.7. The summed E-state index contributed by atoms with van der Waals surface area (Å²) in [5, 5.41) is 6.20. The van der Waals surface area contributed by atoms with Gasteiger partial charge in [0.1, 0.15) is 0 Å². The summed E-state index contributed by atoms with van der Waals surface area (Å²) in [5.41, 5.74) is 3.82. The van der Waals surface area contributed by atoms with Crippen molar-refractivity contribution >= 4 is 35.4 Å². The van der Waals surface area contributed by atoms with Crippen molar-refractivity contribution < 1.29 is 4.79 Å². The molecule has 98 valence electrons. The van der Waals surface area contributed by atoms with Gasteiger partial charge in [-0.05, 0) is 37.4 Å². The number of fused-ring (bicyclic) bond motifs is 3. The number of hydrazone groups is 1. The van der Waals surface area contributed by atoms with Crippen LogP contribution < -0.4 is 5.43 Å². The maximum atomic E-state index is 11.7. The molecule has 4 heterocycles. The van der Waals surface area contributed by atoms with Crippen molar-refractivity contribution in [3.05, 3.63) is 22.4 Å². The molecular weight excluding hydrogens is 270 g/mol. The highest BCUT2D eigenvalue weighted by atomic mass is 35.5. The van der Waals surface area contributed by atoms with Gasteiger partial charge in [0.05, 0.1) is 10.6 Å². The monoisotopic (exact) mass is 285 g/mol. The Bertz CT molecular complexity index is 438. The van der Waals surface area contributed by atoms with Gasteiger partial charge in [0.2, 0.25) is 0 Å². The molecule has 1 N–H and O–H groups in total. The van der Waals surface area contributed by atoms with Crippen molar-refractivity contribution in [2.24, 2.45) is 11.0 Å². The first-order valence-corrected chi connectivity index (χ1v) is 6.83. The van der Waals surface area contributed by atoms with Crippen molar-refractivity contribution in [1.82, 2.24) is 10.3 Å². The molecule has 4 nitrogen and oxygen atoms in total. The topological polar surface area (TPSA) is 44.7 Å². The molecular formula is C12H16ClN3OS. The second kappa shape index (κ2) is 5.82. The molecule has 3 aliphatic rings. The van der Waals surface area contributed by atoms with E-state index in [1.54, 1.807) is 0 Å². The molecule has 1 aromatic heterocycles. The van der Waals surface area contributed by atoms with Crippen LogP contribution in [-0.2, 0) is 0 Å². The second-order valence-corrected chi connectivity index (χ2v) is 5.52. The molecule has 0 unspecified atom stereocenters. The number of thiophene rings is 1. The minimum Gasteiger partial charge on any atom is -0.298 e. The summed E-state index contributed by atoms with van der Waals surface area (Å²) in [4.78, 5) is 14.9. The largest absolute Gasteiger partial charge is 0.298 e. The van der Waals surface area contributed by atoms with Gasteiger partial charge in [-0.2, -0.15) is 5.10 Å². The molecule has 0 aromatic carbocycles. The van der Waals surface area contributed by atoms with E-state index in [2.05, 4.69) is 15.4 Å². The van der Waals surface area contributed by atoms with E-state index < -0.39 is 0 Å². The Hall–Kier alpha value is -0.910. The fourth-order valence-electron chi connectivity index (χ4n) is 2.49. The van der Waals surface area contributed by atoms with Gasteiger partial charge < -0.3 is 0 Å². The standard InChI is InChI=1S/C12H15N3OS.ClH/c16-12(11-2-1-7-17-11)14-13-10-8-15-5-3-9(10)4-6-15;/h1-2,7,9H,3-6,8H2,(H,14,16);1H/b13-10-;. The minimum absolute atomic E-state index is 0. The van der Waals surface area contributed by atoms with Crippen molar-refractivity contribution in [2.75, 3.05) is 19.6 Å². The van der Waals surface area contributed by atoms with Gasteiger partial charge in [-0.25, -0.2) is 5.43 Å². The molecule has 0 aliphatic carbocycles. The molecule has 1 amide bonds. The molecule has 2 bridgehead atoms. The number of rotatable bonds is 2. The summed E-state index contributed by atoms with van der Waals surface area (Å²) in [6.45, 7) is 3.29. The highest BCUT2D eigenvalue weighted by molar-refractivity contribution is 7.12. The van der Waals surface area contributed by atoms with Crippen molar-refractivity contribution in [2.45, 2.75) is 12.8 Å². The first-order chi connectivity index (χ1) is 8.33. The lowest BCUT2D eigenvalue weighted by Gasteiger charge is -2.39. The number of amides is 1. The Morgan fingerprint density at radius 2 is 2.22 bits per heavy atom. The first-order valence-electron chi connectivity index (χ1n) is 5.95. The Labute approximate surface area is 116 Å². The summed E-state index contributed by atoms with van der Waals surface area (Å²) in [6, 6.07) is 3.69. The Kier molecular flexibility index (Phi) is 4.37. The van der Waals surface area contributed by atoms with Crippen LogP contribution >= 0.6 is 23.7 Å².